The highest BCUT2D eigenvalue weighted by Gasteiger charge is 2.44. The highest BCUT2D eigenvalue weighted by molar-refractivity contribution is 8.00. The van der Waals surface area contributed by atoms with E-state index in [1.54, 1.807) is 50.2 Å². The van der Waals surface area contributed by atoms with E-state index in [1.165, 1.54) is 12.1 Å². The second-order valence-electron chi connectivity index (χ2n) is 10.5. The first-order valence-corrected chi connectivity index (χ1v) is 14.7. The molecule has 2 aliphatic heterocycles. The molecule has 6 atom stereocenters. The Kier molecular flexibility index (Phi) is 10.8. The molecule has 1 unspecified atom stereocenters. The van der Waals surface area contributed by atoms with E-state index < -0.39 is 51.4 Å². The van der Waals surface area contributed by atoms with Crippen molar-refractivity contribution in [1.29, 1.82) is 0 Å². The van der Waals surface area contributed by atoms with Crippen molar-refractivity contribution in [3.05, 3.63) is 98.3 Å². The molecule has 43 heavy (non-hydrogen) atoms. The van der Waals surface area contributed by atoms with E-state index in [0.29, 0.717) is 35.4 Å². The minimum Gasteiger partial charge on any atom is -0.489 e. The zero-order valence-electron chi connectivity index (χ0n) is 23.7. The summed E-state index contributed by atoms with van der Waals surface area (Å²) >= 11 is 1.16. The topological polar surface area (TPSA) is 172 Å². The van der Waals surface area contributed by atoms with Crippen molar-refractivity contribution in [3.8, 4) is 5.75 Å². The largest absolute Gasteiger partial charge is 0.489 e. The highest BCUT2D eigenvalue weighted by atomic mass is 32.2. The van der Waals surface area contributed by atoms with Gasteiger partial charge in [-0.3, -0.25) is 10.1 Å². The van der Waals surface area contributed by atoms with Crippen molar-refractivity contribution in [2.45, 2.75) is 68.0 Å². The molecule has 0 bridgehead atoms. The summed E-state index contributed by atoms with van der Waals surface area (Å²) in [6.07, 6.45) is -3.29. The molecule has 0 amide bonds. The van der Waals surface area contributed by atoms with Crippen molar-refractivity contribution in [1.82, 2.24) is 5.32 Å². The maximum Gasteiger partial charge on any atom is 0.336 e. The number of aliphatic hydroxyl groups is 4. The van der Waals surface area contributed by atoms with Gasteiger partial charge in [-0.05, 0) is 50.5 Å². The van der Waals surface area contributed by atoms with E-state index in [4.69, 9.17) is 9.47 Å². The van der Waals surface area contributed by atoms with Crippen molar-refractivity contribution in [2.75, 3.05) is 13.2 Å². The first kappa shape index (κ1) is 32.4. The zero-order valence-corrected chi connectivity index (χ0v) is 24.5. The van der Waals surface area contributed by atoms with Gasteiger partial charge in [-0.2, -0.15) is 0 Å². The molecule has 0 saturated carbocycles. The number of para-hydroxylation sites is 1. The predicted octanol–water partition coefficient (Wildman–Crippen LogP) is 2.76. The van der Waals surface area contributed by atoms with Crippen LogP contribution in [-0.4, -0.2) is 73.3 Å². The molecule has 5 N–H and O–H groups in total. The molecule has 1 fully saturated rings. The summed E-state index contributed by atoms with van der Waals surface area (Å²) in [5, 5.41) is 54.0. The summed E-state index contributed by atoms with van der Waals surface area (Å²) in [7, 11) is 0. The van der Waals surface area contributed by atoms with Gasteiger partial charge in [0.05, 0.1) is 46.9 Å². The molecular weight excluding hydrogens is 583 g/mol. The maximum atomic E-state index is 13.5. The van der Waals surface area contributed by atoms with Gasteiger partial charge in [0, 0.05) is 16.5 Å². The van der Waals surface area contributed by atoms with Gasteiger partial charge in [0.25, 0.3) is 5.70 Å². The number of carbonyl (C=O) groups is 1. The number of halogens is 1. The molecule has 4 rings (SSSR count). The lowest BCUT2D eigenvalue weighted by Gasteiger charge is -2.39. The van der Waals surface area contributed by atoms with Crippen LogP contribution < -0.4 is 10.1 Å². The van der Waals surface area contributed by atoms with Crippen LogP contribution in [0.3, 0.4) is 0 Å². The van der Waals surface area contributed by atoms with Gasteiger partial charge >= 0.3 is 5.97 Å². The fraction of sp³-hybridized carbons (Fsp3) is 0.433. The lowest BCUT2D eigenvalue weighted by atomic mass is 9.83. The predicted molar refractivity (Wildman–Crippen MR) is 156 cm³/mol. The van der Waals surface area contributed by atoms with Crippen molar-refractivity contribution in [3.63, 3.8) is 0 Å². The third-order valence-corrected chi connectivity index (χ3v) is 9.18. The number of rotatable bonds is 11. The number of carbonyl (C=O) groups excluding carboxylic acids is 1. The summed E-state index contributed by atoms with van der Waals surface area (Å²) in [5.74, 6) is -1.97. The van der Waals surface area contributed by atoms with Gasteiger partial charge in [-0.15, -0.1) is 11.8 Å². The first-order chi connectivity index (χ1) is 20.5. The number of hydrogen-bond acceptors (Lipinski definition) is 11. The number of ether oxygens (including phenoxy) is 2. The molecule has 0 radical (unpaired) electrons. The molecule has 11 nitrogen and oxygen atoms in total. The van der Waals surface area contributed by atoms with Crippen LogP contribution in [0.1, 0.15) is 43.7 Å². The second-order valence-corrected chi connectivity index (χ2v) is 11.9. The molecule has 232 valence electrons. The van der Waals surface area contributed by atoms with Gasteiger partial charge in [0.15, 0.2) is 0 Å². The summed E-state index contributed by atoms with van der Waals surface area (Å²) < 4.78 is 24.9. The monoisotopic (exact) mass is 618 g/mol. The van der Waals surface area contributed by atoms with Gasteiger partial charge in [0.1, 0.15) is 30.2 Å². The van der Waals surface area contributed by atoms with Crippen molar-refractivity contribution >= 4 is 17.7 Å². The van der Waals surface area contributed by atoms with E-state index in [-0.39, 0.29) is 36.8 Å². The van der Waals surface area contributed by atoms with Crippen LogP contribution in [0, 0.1) is 15.9 Å². The number of nitrogens with one attached hydrogen (secondary N) is 1. The summed E-state index contributed by atoms with van der Waals surface area (Å²) in [5.41, 5.74) is 1.52. The Morgan fingerprint density at radius 1 is 1.02 bits per heavy atom. The second kappa shape index (κ2) is 14.3. The van der Waals surface area contributed by atoms with Crippen LogP contribution in [0.2, 0.25) is 0 Å². The van der Waals surface area contributed by atoms with Crippen LogP contribution in [0.5, 0.6) is 5.75 Å². The highest BCUT2D eigenvalue weighted by Crippen LogP contribution is 2.43. The van der Waals surface area contributed by atoms with Gasteiger partial charge in [-0.25, -0.2) is 9.18 Å². The van der Waals surface area contributed by atoms with Gasteiger partial charge in [0.2, 0.25) is 0 Å². The van der Waals surface area contributed by atoms with E-state index in [0.717, 1.165) is 11.8 Å². The molecule has 0 aromatic heterocycles. The molecule has 2 aromatic carbocycles. The fourth-order valence-electron chi connectivity index (χ4n) is 5.33. The van der Waals surface area contributed by atoms with Crippen molar-refractivity contribution in [2.24, 2.45) is 0 Å². The summed E-state index contributed by atoms with van der Waals surface area (Å²) in [6.45, 7) is 2.80. The van der Waals surface area contributed by atoms with E-state index in [9.17, 15) is 39.7 Å². The van der Waals surface area contributed by atoms with Crippen LogP contribution in [0.25, 0.3) is 0 Å². The van der Waals surface area contributed by atoms with Gasteiger partial charge < -0.3 is 35.2 Å². The number of aliphatic hydroxyl groups excluding tert-OH is 4. The molecule has 13 heteroatoms. The number of dihydropyridines is 1. The molecule has 2 aromatic rings. The Hall–Kier alpha value is -3.49. The Labute approximate surface area is 252 Å². The minimum atomic E-state index is -1.41. The third-order valence-electron chi connectivity index (χ3n) is 7.54. The number of benzene rings is 2. The Balaban J connectivity index is 1.52. The number of nitro groups is 1. The van der Waals surface area contributed by atoms with Gasteiger partial charge in [-0.1, -0.05) is 30.3 Å². The fourth-order valence-corrected chi connectivity index (χ4v) is 6.82. The molecule has 2 heterocycles. The number of esters is 1. The smallest absolute Gasteiger partial charge is 0.336 e. The third kappa shape index (κ3) is 7.36. The lowest BCUT2D eigenvalue weighted by molar-refractivity contribution is -0.431. The van der Waals surface area contributed by atoms with Crippen LogP contribution >= 0.6 is 11.8 Å². The Bertz CT molecular complexity index is 1380. The van der Waals surface area contributed by atoms with E-state index in [1.807, 2.05) is 0 Å². The average molecular weight is 619 g/mol. The number of nitrogens with zero attached hydrogens (tertiary/aromatic N) is 1. The maximum absolute atomic E-state index is 13.5. The zero-order chi connectivity index (χ0) is 31.3. The standard InChI is InChI=1S/C30H35FN2O9S/c1-16-24(30(38)41-13-5-8-22-27(35)29(37)28(36)23(14-34)43-22)25(26(33(39)40)17(2)32-16)20-6-3-4-7-21(20)42-15-18-9-11-19(31)12-10-18/h3-4,6-7,9-12,22-23,25,27-29,32,34-37H,5,8,13-15H2,1-2H3/t22-,23+,25?,27+,28-,29-/m1/s1. The first-order valence-electron chi connectivity index (χ1n) is 13.8. The SMILES string of the molecule is CC1=C(C(=O)OCCC[C@H]2S[C@@H](CO)[C@@H](O)[C@H](O)[C@H]2O)C(c2ccccc2OCc2ccc(F)cc2)C([N+](=O)[O-])=C(C)N1. The molecule has 2 aliphatic rings. The number of thioether (sulfide) groups is 1. The quantitative estimate of drug-likeness (QED) is 0.109. The average Bonchev–Trinajstić information content (AvgIpc) is 2.98. The Morgan fingerprint density at radius 3 is 2.37 bits per heavy atom. The molecule has 1 saturated heterocycles. The molecule has 0 spiro atoms. The van der Waals surface area contributed by atoms with Crippen LogP contribution in [0.4, 0.5) is 4.39 Å². The van der Waals surface area contributed by atoms with Crippen LogP contribution in [-0.2, 0) is 16.1 Å². The normalized spacial score (nSPS) is 25.7. The Morgan fingerprint density at radius 2 is 1.70 bits per heavy atom. The van der Waals surface area contributed by atoms with E-state index in [2.05, 4.69) is 5.32 Å². The number of allylic oxidation sites excluding steroid dienone is 3. The van der Waals surface area contributed by atoms with E-state index >= 15 is 0 Å². The summed E-state index contributed by atoms with van der Waals surface area (Å²) in [6, 6.07) is 12.4. The minimum absolute atomic E-state index is 0.0427. The lowest BCUT2D eigenvalue weighted by Crippen LogP contribution is -2.53. The molecular formula is C30H35FN2O9S. The van der Waals surface area contributed by atoms with Crippen LogP contribution in [0.15, 0.2) is 71.2 Å². The number of hydrogen-bond donors (Lipinski definition) is 5. The molecule has 0 aliphatic carbocycles. The van der Waals surface area contributed by atoms with Crippen molar-refractivity contribution < 1.29 is 44.0 Å². The summed E-state index contributed by atoms with van der Waals surface area (Å²) in [4.78, 5) is 25.2.